The maximum atomic E-state index is 12.8. The highest BCUT2D eigenvalue weighted by Crippen LogP contribution is 2.19. The molecule has 1 aliphatic rings. The molecule has 6 heteroatoms. The van der Waals surface area contributed by atoms with Crippen LogP contribution in [0, 0.1) is 5.82 Å². The normalized spacial score (nSPS) is 17.1. The van der Waals surface area contributed by atoms with E-state index in [1.165, 1.54) is 18.2 Å². The number of carbonyl (C=O) groups is 1. The summed E-state index contributed by atoms with van der Waals surface area (Å²) >= 11 is 0. The fourth-order valence-corrected chi connectivity index (χ4v) is 3.92. The Bertz CT molecular complexity index is 644. The molecule has 4 nitrogen and oxygen atoms in total. The Labute approximate surface area is 130 Å². The number of carbonyl (C=O) groups excluding carboxylic acids is 1. The van der Waals surface area contributed by atoms with E-state index in [0.717, 1.165) is 5.56 Å². The van der Waals surface area contributed by atoms with Crippen LogP contribution in [0.15, 0.2) is 30.3 Å². The first-order valence-corrected chi connectivity index (χ1v) is 9.08. The third-order valence-corrected chi connectivity index (χ3v) is 6.24. The van der Waals surface area contributed by atoms with Crippen molar-refractivity contribution in [2.75, 3.05) is 18.8 Å². The van der Waals surface area contributed by atoms with Crippen molar-refractivity contribution in [3.63, 3.8) is 0 Å². The van der Waals surface area contributed by atoms with E-state index in [9.17, 15) is 17.6 Å². The van der Waals surface area contributed by atoms with Crippen LogP contribution in [0.4, 0.5) is 4.39 Å². The number of rotatable bonds is 4. The molecule has 0 radical (unpaired) electrons. The smallest absolute Gasteiger partial charge is 0.246 e. The lowest BCUT2D eigenvalue weighted by Crippen LogP contribution is -2.42. The number of nitrogens with zero attached hydrogens (tertiary/aromatic N) is 1. The first-order chi connectivity index (χ1) is 10.4. The van der Waals surface area contributed by atoms with Crippen LogP contribution in [0.1, 0.15) is 25.3 Å². The molecular weight excluding hydrogens is 305 g/mol. The zero-order chi connectivity index (χ0) is 16.2. The standard InChI is InChI=1S/C16H20FNO3S/c1-2-22(20,21)15-9-11-18(12-10-15)16(19)8-5-13-3-6-14(17)7-4-13/h3-8,15H,2,9-12H2,1H3. The summed E-state index contributed by atoms with van der Waals surface area (Å²) in [5.41, 5.74) is 0.748. The summed E-state index contributed by atoms with van der Waals surface area (Å²) in [5, 5.41) is -0.331. The maximum Gasteiger partial charge on any atom is 0.246 e. The molecule has 22 heavy (non-hydrogen) atoms. The molecule has 0 atom stereocenters. The van der Waals surface area contributed by atoms with Crippen LogP contribution >= 0.6 is 0 Å². The van der Waals surface area contributed by atoms with Crippen LogP contribution in [0.5, 0.6) is 0 Å². The minimum absolute atomic E-state index is 0.142. The van der Waals surface area contributed by atoms with Gasteiger partial charge in [0.05, 0.1) is 5.25 Å². The second kappa shape index (κ2) is 7.05. The Kier molecular flexibility index (Phi) is 5.34. The number of likely N-dealkylation sites (tertiary alicyclic amines) is 1. The molecular formula is C16H20FNO3S. The number of halogens is 1. The van der Waals surface area contributed by atoms with Crippen molar-refractivity contribution in [3.8, 4) is 0 Å². The number of sulfone groups is 1. The predicted molar refractivity (Wildman–Crippen MR) is 84.5 cm³/mol. The summed E-state index contributed by atoms with van der Waals surface area (Å²) in [6.45, 7) is 2.56. The van der Waals surface area contributed by atoms with Gasteiger partial charge in [-0.3, -0.25) is 4.79 Å². The summed E-state index contributed by atoms with van der Waals surface area (Å²) in [5.74, 6) is -0.310. The van der Waals surface area contributed by atoms with Gasteiger partial charge in [-0.15, -0.1) is 0 Å². The van der Waals surface area contributed by atoms with Gasteiger partial charge >= 0.3 is 0 Å². The van der Waals surface area contributed by atoms with Crippen LogP contribution in [-0.2, 0) is 14.6 Å². The van der Waals surface area contributed by atoms with Crippen LogP contribution in [0.3, 0.4) is 0 Å². The lowest BCUT2D eigenvalue weighted by Gasteiger charge is -2.30. The van der Waals surface area contributed by atoms with Gasteiger partial charge in [0.15, 0.2) is 9.84 Å². The molecule has 0 bridgehead atoms. The van der Waals surface area contributed by atoms with E-state index in [4.69, 9.17) is 0 Å². The zero-order valence-corrected chi connectivity index (χ0v) is 13.4. The molecule has 1 fully saturated rings. The van der Waals surface area contributed by atoms with Gasteiger partial charge < -0.3 is 4.90 Å². The van der Waals surface area contributed by atoms with Gasteiger partial charge in [0.2, 0.25) is 5.91 Å². The van der Waals surface area contributed by atoms with Crippen molar-refractivity contribution >= 4 is 21.8 Å². The van der Waals surface area contributed by atoms with Crippen molar-refractivity contribution in [2.24, 2.45) is 0 Å². The van der Waals surface area contributed by atoms with Gasteiger partial charge in [0.25, 0.3) is 0 Å². The molecule has 0 saturated carbocycles. The van der Waals surface area contributed by atoms with Gasteiger partial charge in [0, 0.05) is 24.9 Å². The predicted octanol–water partition coefficient (Wildman–Crippen LogP) is 2.26. The summed E-state index contributed by atoms with van der Waals surface area (Å²) < 4.78 is 36.4. The topological polar surface area (TPSA) is 54.5 Å². The highest BCUT2D eigenvalue weighted by atomic mass is 32.2. The molecule has 1 aliphatic heterocycles. The third kappa shape index (κ3) is 4.16. The maximum absolute atomic E-state index is 12.8. The zero-order valence-electron chi connectivity index (χ0n) is 12.5. The number of amides is 1. The fraction of sp³-hybridized carbons (Fsp3) is 0.438. The Morgan fingerprint density at radius 2 is 1.86 bits per heavy atom. The quantitative estimate of drug-likeness (QED) is 0.798. The molecule has 1 amide bonds. The van der Waals surface area contributed by atoms with Crippen molar-refractivity contribution < 1.29 is 17.6 Å². The van der Waals surface area contributed by atoms with E-state index >= 15 is 0 Å². The van der Waals surface area contributed by atoms with Crippen molar-refractivity contribution in [1.29, 1.82) is 0 Å². The molecule has 2 rings (SSSR count). The first-order valence-electron chi connectivity index (χ1n) is 7.36. The SMILES string of the molecule is CCS(=O)(=O)C1CCN(C(=O)C=Cc2ccc(F)cc2)CC1. The summed E-state index contributed by atoms with van der Waals surface area (Å²) in [6.07, 6.45) is 4.07. The van der Waals surface area contributed by atoms with Crippen molar-refractivity contribution in [1.82, 2.24) is 4.90 Å². The lowest BCUT2D eigenvalue weighted by molar-refractivity contribution is -0.126. The van der Waals surface area contributed by atoms with E-state index in [1.807, 2.05) is 0 Å². The Balaban J connectivity index is 1.91. The summed E-state index contributed by atoms with van der Waals surface area (Å²) in [4.78, 5) is 13.7. The monoisotopic (exact) mass is 325 g/mol. The Hall–Kier alpha value is -1.69. The van der Waals surface area contributed by atoms with Crippen LogP contribution in [-0.4, -0.2) is 43.3 Å². The van der Waals surface area contributed by atoms with Gasteiger partial charge in [-0.1, -0.05) is 19.1 Å². The fourth-order valence-electron chi connectivity index (χ4n) is 2.52. The summed E-state index contributed by atoms with van der Waals surface area (Å²) in [7, 11) is -3.02. The Morgan fingerprint density at radius 1 is 1.27 bits per heavy atom. The number of hydrogen-bond donors (Lipinski definition) is 0. The summed E-state index contributed by atoms with van der Waals surface area (Å²) in [6, 6.07) is 5.87. The number of benzene rings is 1. The molecule has 0 aliphatic carbocycles. The molecule has 0 aromatic heterocycles. The van der Waals surface area contributed by atoms with Crippen LogP contribution < -0.4 is 0 Å². The average Bonchev–Trinajstić information content (AvgIpc) is 2.54. The van der Waals surface area contributed by atoms with E-state index in [2.05, 4.69) is 0 Å². The Morgan fingerprint density at radius 3 is 2.41 bits per heavy atom. The van der Waals surface area contributed by atoms with E-state index in [-0.39, 0.29) is 22.7 Å². The van der Waals surface area contributed by atoms with Gasteiger partial charge in [0.1, 0.15) is 5.82 Å². The van der Waals surface area contributed by atoms with Gasteiger partial charge in [-0.2, -0.15) is 0 Å². The van der Waals surface area contributed by atoms with E-state index in [1.54, 1.807) is 30.0 Å². The average molecular weight is 325 g/mol. The second-order valence-corrected chi connectivity index (χ2v) is 7.93. The van der Waals surface area contributed by atoms with Crippen molar-refractivity contribution in [2.45, 2.75) is 25.0 Å². The van der Waals surface area contributed by atoms with Gasteiger partial charge in [-0.25, -0.2) is 12.8 Å². The van der Waals surface area contributed by atoms with Crippen LogP contribution in [0.2, 0.25) is 0 Å². The van der Waals surface area contributed by atoms with Crippen molar-refractivity contribution in [3.05, 3.63) is 41.7 Å². The lowest BCUT2D eigenvalue weighted by atomic mass is 10.1. The molecule has 0 spiro atoms. The third-order valence-electron chi connectivity index (χ3n) is 3.95. The minimum atomic E-state index is -3.02. The molecule has 1 aromatic carbocycles. The highest BCUT2D eigenvalue weighted by molar-refractivity contribution is 7.92. The second-order valence-electron chi connectivity index (χ2n) is 5.36. The first kappa shape index (κ1) is 16.7. The van der Waals surface area contributed by atoms with E-state index in [0.29, 0.717) is 25.9 Å². The van der Waals surface area contributed by atoms with Crippen LogP contribution in [0.25, 0.3) is 6.08 Å². The van der Waals surface area contributed by atoms with Gasteiger partial charge in [-0.05, 0) is 36.6 Å². The molecule has 0 unspecified atom stereocenters. The van der Waals surface area contributed by atoms with E-state index < -0.39 is 9.84 Å². The molecule has 120 valence electrons. The molecule has 1 aromatic rings. The highest BCUT2D eigenvalue weighted by Gasteiger charge is 2.29. The largest absolute Gasteiger partial charge is 0.339 e. The molecule has 1 heterocycles. The molecule has 0 N–H and O–H groups in total. The molecule has 1 saturated heterocycles. The minimum Gasteiger partial charge on any atom is -0.339 e. The number of piperidine rings is 1. The number of hydrogen-bond acceptors (Lipinski definition) is 3.